The molecular weight excluding hydrogens is 436 g/mol. The van der Waals surface area contributed by atoms with Crippen molar-refractivity contribution in [3.05, 3.63) is 115 Å². The summed E-state index contributed by atoms with van der Waals surface area (Å²) in [5, 5.41) is 6.31. The van der Waals surface area contributed by atoms with E-state index in [-0.39, 0.29) is 11.9 Å². The van der Waals surface area contributed by atoms with Crippen LogP contribution in [0.4, 0.5) is 11.4 Å². The molecule has 3 aromatic rings. The molecule has 4 N–H and O–H groups in total. The molecule has 1 unspecified atom stereocenters. The highest BCUT2D eigenvalue weighted by atomic mass is 16.5. The number of carbonyl (C=O) groups is 1. The summed E-state index contributed by atoms with van der Waals surface area (Å²) in [4.78, 5) is 16.1. The molecule has 35 heavy (non-hydrogen) atoms. The number of benzene rings is 2. The summed E-state index contributed by atoms with van der Waals surface area (Å²) in [6, 6.07) is 17.0. The van der Waals surface area contributed by atoms with Crippen molar-refractivity contribution in [1.29, 1.82) is 0 Å². The lowest BCUT2D eigenvalue weighted by Crippen LogP contribution is -2.17. The number of amides is 1. The number of hydrogen-bond acceptors (Lipinski definition) is 5. The minimum atomic E-state index is -0.134. The number of methoxy groups -OCH3 is 1. The normalized spacial score (nSPS) is 11.4. The first-order valence-corrected chi connectivity index (χ1v) is 11.2. The van der Waals surface area contributed by atoms with Crippen molar-refractivity contribution in [3.8, 4) is 5.75 Å². The van der Waals surface area contributed by atoms with Gasteiger partial charge in [-0.2, -0.15) is 0 Å². The lowest BCUT2D eigenvalue weighted by molar-refractivity contribution is 0.102. The van der Waals surface area contributed by atoms with Crippen LogP contribution in [0.3, 0.4) is 0 Å². The molecule has 0 radical (unpaired) electrons. The van der Waals surface area contributed by atoms with Gasteiger partial charge in [-0.1, -0.05) is 43.5 Å². The van der Waals surface area contributed by atoms with Crippen molar-refractivity contribution in [1.82, 2.24) is 10.3 Å². The standard InChI is InChI=1S/C18H21N3O.C11H13NO/c1-4-13(2)20-14(3)16-6-5-7-17(12-16)21-18(22)15-8-10-19-11-9-15;1-4-8(2)9-5-6-10(12)11(7-9)13-3/h4-12,14,20H,1-3H3,(H,21,22);4-7H,1-2,12H2,3H3/b13-4+;. The van der Waals surface area contributed by atoms with Gasteiger partial charge in [0.15, 0.2) is 0 Å². The van der Waals surface area contributed by atoms with E-state index in [0.29, 0.717) is 17.0 Å². The number of aromatic nitrogens is 1. The van der Waals surface area contributed by atoms with Crippen molar-refractivity contribution < 1.29 is 9.53 Å². The van der Waals surface area contributed by atoms with E-state index in [1.807, 2.05) is 56.3 Å². The molecular formula is C29H34N4O2. The molecule has 1 heterocycles. The van der Waals surface area contributed by atoms with Crippen LogP contribution in [0, 0.1) is 0 Å². The van der Waals surface area contributed by atoms with E-state index < -0.39 is 0 Å². The van der Waals surface area contributed by atoms with Gasteiger partial charge in [0.2, 0.25) is 0 Å². The molecule has 0 bridgehead atoms. The topological polar surface area (TPSA) is 89.3 Å². The predicted octanol–water partition coefficient (Wildman–Crippen LogP) is 6.38. The number of nitrogens with two attached hydrogens (primary N) is 1. The van der Waals surface area contributed by atoms with Crippen LogP contribution in [-0.4, -0.2) is 18.0 Å². The van der Waals surface area contributed by atoms with Gasteiger partial charge in [0, 0.05) is 35.4 Å². The van der Waals surface area contributed by atoms with Crippen molar-refractivity contribution in [2.75, 3.05) is 18.2 Å². The highest BCUT2D eigenvalue weighted by molar-refractivity contribution is 6.04. The lowest BCUT2D eigenvalue weighted by Gasteiger charge is -2.17. The van der Waals surface area contributed by atoms with Crippen LogP contribution in [-0.2, 0) is 0 Å². The zero-order valence-electron chi connectivity index (χ0n) is 20.8. The van der Waals surface area contributed by atoms with E-state index in [2.05, 4.69) is 35.7 Å². The minimum absolute atomic E-state index is 0.134. The Balaban J connectivity index is 0.000000283. The number of nitrogen functional groups attached to an aromatic ring is 1. The fraction of sp³-hybridized carbons (Fsp3) is 0.172. The van der Waals surface area contributed by atoms with Crippen LogP contribution in [0.2, 0.25) is 0 Å². The summed E-state index contributed by atoms with van der Waals surface area (Å²) in [6.45, 7) is 13.6. The van der Waals surface area contributed by atoms with E-state index in [1.54, 1.807) is 43.8 Å². The second-order valence-electron chi connectivity index (χ2n) is 7.84. The van der Waals surface area contributed by atoms with E-state index >= 15 is 0 Å². The van der Waals surface area contributed by atoms with Crippen LogP contribution in [0.1, 0.15) is 48.3 Å². The molecule has 0 fully saturated rings. The minimum Gasteiger partial charge on any atom is -0.495 e. The van der Waals surface area contributed by atoms with E-state index in [9.17, 15) is 4.79 Å². The molecule has 6 heteroatoms. The van der Waals surface area contributed by atoms with E-state index in [1.165, 1.54) is 0 Å². The number of anilines is 2. The second kappa shape index (κ2) is 13.4. The van der Waals surface area contributed by atoms with Crippen molar-refractivity contribution in [3.63, 3.8) is 0 Å². The summed E-state index contributed by atoms with van der Waals surface area (Å²) >= 11 is 0. The molecule has 0 aliphatic carbocycles. The van der Waals surface area contributed by atoms with Gasteiger partial charge in [-0.3, -0.25) is 9.78 Å². The molecule has 6 nitrogen and oxygen atoms in total. The summed E-state index contributed by atoms with van der Waals surface area (Å²) in [6.07, 6.45) is 6.95. The van der Waals surface area contributed by atoms with Crippen LogP contribution >= 0.6 is 0 Å². The van der Waals surface area contributed by atoms with Gasteiger partial charge in [-0.15, -0.1) is 0 Å². The Kier molecular flexibility index (Phi) is 10.3. The van der Waals surface area contributed by atoms with Gasteiger partial charge in [-0.25, -0.2) is 0 Å². The number of hydrogen-bond donors (Lipinski definition) is 3. The number of ether oxygens (including phenoxy) is 1. The fourth-order valence-electron chi connectivity index (χ4n) is 3.13. The van der Waals surface area contributed by atoms with Crippen molar-refractivity contribution in [2.45, 2.75) is 26.8 Å². The lowest BCUT2D eigenvalue weighted by atomic mass is 10.1. The summed E-state index contributed by atoms with van der Waals surface area (Å²) < 4.78 is 5.08. The number of nitrogens with zero attached hydrogens (tertiary/aromatic N) is 1. The number of nitrogens with one attached hydrogen (secondary N) is 2. The van der Waals surface area contributed by atoms with Gasteiger partial charge in [-0.05, 0) is 73.9 Å². The first-order valence-electron chi connectivity index (χ1n) is 11.2. The zero-order chi connectivity index (χ0) is 25.8. The molecule has 1 atom stereocenters. The highest BCUT2D eigenvalue weighted by Crippen LogP contribution is 2.25. The Bertz CT molecular complexity index is 1190. The monoisotopic (exact) mass is 470 g/mol. The third-order valence-corrected chi connectivity index (χ3v) is 5.31. The Morgan fingerprint density at radius 1 is 1.11 bits per heavy atom. The third-order valence-electron chi connectivity index (χ3n) is 5.31. The smallest absolute Gasteiger partial charge is 0.255 e. The molecule has 1 aromatic heterocycles. The Labute approximate surface area is 208 Å². The highest BCUT2D eigenvalue weighted by Gasteiger charge is 2.09. The zero-order valence-corrected chi connectivity index (χ0v) is 20.8. The molecule has 1 amide bonds. The average molecular weight is 471 g/mol. The molecule has 0 aliphatic rings. The molecule has 0 saturated carbocycles. The Hall–Kier alpha value is -4.32. The van der Waals surface area contributed by atoms with Crippen LogP contribution < -0.4 is 21.1 Å². The van der Waals surface area contributed by atoms with E-state index in [4.69, 9.17) is 10.5 Å². The molecule has 0 aliphatic heterocycles. The third kappa shape index (κ3) is 8.19. The maximum Gasteiger partial charge on any atom is 0.255 e. The van der Waals surface area contributed by atoms with Gasteiger partial charge < -0.3 is 21.1 Å². The van der Waals surface area contributed by atoms with Crippen LogP contribution in [0.5, 0.6) is 5.75 Å². The van der Waals surface area contributed by atoms with Crippen molar-refractivity contribution >= 4 is 22.9 Å². The second-order valence-corrected chi connectivity index (χ2v) is 7.84. The molecule has 182 valence electrons. The van der Waals surface area contributed by atoms with Gasteiger partial charge in [0.1, 0.15) is 5.75 Å². The number of pyridine rings is 1. The maximum absolute atomic E-state index is 12.2. The number of allylic oxidation sites excluding steroid dienone is 4. The quantitative estimate of drug-likeness (QED) is 0.262. The Morgan fingerprint density at radius 3 is 2.46 bits per heavy atom. The molecule has 3 rings (SSSR count). The Morgan fingerprint density at radius 2 is 1.83 bits per heavy atom. The molecule has 2 aromatic carbocycles. The summed E-state index contributed by atoms with van der Waals surface area (Å²) in [5.41, 5.74) is 11.7. The molecule has 0 saturated heterocycles. The summed E-state index contributed by atoms with van der Waals surface area (Å²) in [7, 11) is 1.59. The van der Waals surface area contributed by atoms with Gasteiger partial charge in [0.25, 0.3) is 5.91 Å². The fourth-order valence-corrected chi connectivity index (χ4v) is 3.13. The van der Waals surface area contributed by atoms with Crippen LogP contribution in [0.25, 0.3) is 5.57 Å². The number of rotatable bonds is 8. The van der Waals surface area contributed by atoms with Gasteiger partial charge >= 0.3 is 0 Å². The van der Waals surface area contributed by atoms with E-state index in [0.717, 1.165) is 28.1 Å². The largest absolute Gasteiger partial charge is 0.495 e. The average Bonchev–Trinajstić information content (AvgIpc) is 2.89. The first kappa shape index (κ1) is 26.9. The first-order chi connectivity index (χ1) is 16.8. The van der Waals surface area contributed by atoms with Crippen molar-refractivity contribution in [2.24, 2.45) is 0 Å². The maximum atomic E-state index is 12.2. The van der Waals surface area contributed by atoms with Gasteiger partial charge in [0.05, 0.1) is 12.8 Å². The predicted molar refractivity (Wildman–Crippen MR) is 146 cm³/mol. The SMILES string of the molecule is C/C=C(\C)NC(C)c1cccc(NC(=O)c2ccncc2)c1.C=CC(=C)c1ccc(N)c(OC)c1. The van der Waals surface area contributed by atoms with Crippen LogP contribution in [0.15, 0.2) is 98.0 Å². The molecule has 0 spiro atoms. The number of carbonyl (C=O) groups excluding carboxylic acids is 1. The summed E-state index contributed by atoms with van der Waals surface area (Å²) in [5.74, 6) is 0.533.